The molecule has 5 saturated carbocycles. The zero-order valence-electron chi connectivity index (χ0n) is 31.8. The van der Waals surface area contributed by atoms with Gasteiger partial charge in [-0.3, -0.25) is 19.2 Å². The van der Waals surface area contributed by atoms with Gasteiger partial charge >= 0.3 is 5.97 Å². The standard InChI is InChI=1S/C44H61NO6/c1-24(2)39-36(48)21-44(22-38(49)45-23-27-7-9-29(46)10-8-27)18-15-34-30(40(39)44)11-12-37-42(5)16-13-28(25(3)33(42)14-17-43(34,37)6)19-35(47)31-20-32(26(31)4)41(50)51/h7-10,24-26,28,30-34,37,46H,11-23H2,1-6H3,(H,45,49)(H,50,51). The molecule has 7 nitrogen and oxygen atoms in total. The van der Waals surface area contributed by atoms with Crippen LogP contribution in [0, 0.1) is 75.4 Å². The van der Waals surface area contributed by atoms with Crippen molar-refractivity contribution in [1.82, 2.24) is 5.32 Å². The number of allylic oxidation sites excluding steroid dienone is 2. The van der Waals surface area contributed by atoms with Crippen molar-refractivity contribution in [3.63, 3.8) is 0 Å². The van der Waals surface area contributed by atoms with Crippen LogP contribution in [-0.2, 0) is 25.7 Å². The third-order valence-corrected chi connectivity index (χ3v) is 16.4. The number of hydrogen-bond acceptors (Lipinski definition) is 5. The molecule has 6 aliphatic carbocycles. The summed E-state index contributed by atoms with van der Waals surface area (Å²) in [6.45, 7) is 14.2. The number of phenolic OH excluding ortho intramolecular Hbond substituents is 1. The van der Waals surface area contributed by atoms with Crippen LogP contribution in [0.2, 0.25) is 0 Å². The highest BCUT2D eigenvalue weighted by Crippen LogP contribution is 2.72. The maximum atomic E-state index is 13.9. The molecule has 7 heteroatoms. The first-order valence-electron chi connectivity index (χ1n) is 20.2. The van der Waals surface area contributed by atoms with Gasteiger partial charge in [-0.25, -0.2) is 0 Å². The summed E-state index contributed by atoms with van der Waals surface area (Å²) in [7, 11) is 0. The first-order valence-corrected chi connectivity index (χ1v) is 20.2. The molecule has 3 N–H and O–H groups in total. The number of carboxylic acids is 1. The van der Waals surface area contributed by atoms with E-state index in [1.54, 1.807) is 12.1 Å². The highest BCUT2D eigenvalue weighted by molar-refractivity contribution is 6.01. The fourth-order valence-corrected chi connectivity index (χ4v) is 13.8. The Morgan fingerprint density at radius 3 is 2.22 bits per heavy atom. The van der Waals surface area contributed by atoms with Crippen molar-refractivity contribution in [2.24, 2.45) is 75.4 Å². The quantitative estimate of drug-likeness (QED) is 0.238. The van der Waals surface area contributed by atoms with Crippen molar-refractivity contribution in [3.8, 4) is 5.75 Å². The lowest BCUT2D eigenvalue weighted by Crippen LogP contribution is -2.60. The predicted molar refractivity (Wildman–Crippen MR) is 196 cm³/mol. The van der Waals surface area contributed by atoms with Crippen LogP contribution in [0.3, 0.4) is 0 Å². The van der Waals surface area contributed by atoms with Crippen LogP contribution in [0.25, 0.3) is 0 Å². The van der Waals surface area contributed by atoms with Gasteiger partial charge < -0.3 is 15.5 Å². The molecule has 12 unspecified atom stereocenters. The molecular weight excluding hydrogens is 638 g/mol. The van der Waals surface area contributed by atoms with Crippen LogP contribution in [0.4, 0.5) is 0 Å². The number of amides is 1. The van der Waals surface area contributed by atoms with Crippen LogP contribution in [0.1, 0.15) is 124 Å². The number of Topliss-reactive ketones (excluding diaryl/α,β-unsaturated/α-hetero) is 2. The summed E-state index contributed by atoms with van der Waals surface area (Å²) < 4.78 is 0. The van der Waals surface area contributed by atoms with Gasteiger partial charge in [-0.05, 0) is 139 Å². The molecule has 12 atom stereocenters. The highest BCUT2D eigenvalue weighted by atomic mass is 16.4. The second-order valence-corrected chi connectivity index (χ2v) is 19.0. The topological polar surface area (TPSA) is 121 Å². The van der Waals surface area contributed by atoms with Crippen molar-refractivity contribution < 1.29 is 29.4 Å². The molecule has 0 spiro atoms. The van der Waals surface area contributed by atoms with Gasteiger partial charge in [0.05, 0.1) is 5.92 Å². The van der Waals surface area contributed by atoms with E-state index in [0.717, 1.165) is 49.7 Å². The summed E-state index contributed by atoms with van der Waals surface area (Å²) in [6, 6.07) is 6.94. The van der Waals surface area contributed by atoms with E-state index in [2.05, 4.69) is 39.9 Å². The number of phenols is 1. The lowest BCUT2D eigenvalue weighted by Gasteiger charge is -2.67. The average Bonchev–Trinajstić information content (AvgIpc) is 3.36. The van der Waals surface area contributed by atoms with Crippen LogP contribution < -0.4 is 5.32 Å². The van der Waals surface area contributed by atoms with E-state index in [4.69, 9.17) is 0 Å². The molecule has 0 aliphatic heterocycles. The van der Waals surface area contributed by atoms with Crippen molar-refractivity contribution in [2.75, 3.05) is 0 Å². The number of fused-ring (bicyclic) bond motifs is 7. The van der Waals surface area contributed by atoms with Crippen molar-refractivity contribution in [2.45, 2.75) is 125 Å². The lowest BCUT2D eigenvalue weighted by atomic mass is 9.37. The minimum absolute atomic E-state index is 0.00226. The maximum Gasteiger partial charge on any atom is 0.306 e. The van der Waals surface area contributed by atoms with E-state index < -0.39 is 5.97 Å². The molecule has 1 amide bonds. The summed E-state index contributed by atoms with van der Waals surface area (Å²) in [5.41, 5.74) is 3.32. The van der Waals surface area contributed by atoms with E-state index in [1.807, 2.05) is 19.1 Å². The molecule has 7 rings (SSSR count). The molecule has 278 valence electrons. The molecule has 1 aromatic rings. The van der Waals surface area contributed by atoms with E-state index in [9.17, 15) is 29.4 Å². The van der Waals surface area contributed by atoms with Crippen LogP contribution in [-0.4, -0.2) is 33.7 Å². The second-order valence-electron chi connectivity index (χ2n) is 19.0. The van der Waals surface area contributed by atoms with Crippen molar-refractivity contribution in [3.05, 3.63) is 41.0 Å². The third kappa shape index (κ3) is 5.91. The molecule has 0 radical (unpaired) electrons. The summed E-state index contributed by atoms with van der Waals surface area (Å²) in [4.78, 5) is 52.4. The highest BCUT2D eigenvalue weighted by Gasteiger charge is 2.65. The largest absolute Gasteiger partial charge is 0.508 e. The van der Waals surface area contributed by atoms with Crippen molar-refractivity contribution in [1.29, 1.82) is 0 Å². The predicted octanol–water partition coefficient (Wildman–Crippen LogP) is 8.53. The van der Waals surface area contributed by atoms with Gasteiger partial charge in [0.15, 0.2) is 5.78 Å². The number of aliphatic carboxylic acids is 1. The third-order valence-electron chi connectivity index (χ3n) is 16.4. The Morgan fingerprint density at radius 1 is 0.882 bits per heavy atom. The van der Waals surface area contributed by atoms with E-state index in [-0.39, 0.29) is 57.4 Å². The van der Waals surface area contributed by atoms with Gasteiger partial charge in [0, 0.05) is 37.1 Å². The summed E-state index contributed by atoms with van der Waals surface area (Å²) in [6.07, 6.45) is 10.7. The number of carboxylic acid groups (broad SMARTS) is 1. The summed E-state index contributed by atoms with van der Waals surface area (Å²) in [5, 5.41) is 22.3. The zero-order chi connectivity index (χ0) is 36.6. The number of aromatic hydroxyl groups is 1. The monoisotopic (exact) mass is 699 g/mol. The van der Waals surface area contributed by atoms with Gasteiger partial charge in [-0.2, -0.15) is 0 Å². The number of hydrogen-bond donors (Lipinski definition) is 3. The number of ketones is 2. The van der Waals surface area contributed by atoms with Crippen molar-refractivity contribution >= 4 is 23.4 Å². The Morgan fingerprint density at radius 2 is 1.55 bits per heavy atom. The summed E-state index contributed by atoms with van der Waals surface area (Å²) >= 11 is 0. The number of carbonyl (C=O) groups excluding carboxylic acids is 3. The van der Waals surface area contributed by atoms with E-state index >= 15 is 0 Å². The van der Waals surface area contributed by atoms with Gasteiger partial charge in [0.25, 0.3) is 0 Å². The Hall–Kier alpha value is -2.96. The molecule has 0 saturated heterocycles. The first kappa shape index (κ1) is 36.4. The molecule has 5 fully saturated rings. The molecule has 0 heterocycles. The van der Waals surface area contributed by atoms with E-state index in [1.165, 1.54) is 18.4 Å². The van der Waals surface area contributed by atoms with Crippen LogP contribution in [0.15, 0.2) is 35.4 Å². The molecular formula is C44H61NO6. The Balaban J connectivity index is 1.08. The molecule has 1 aromatic carbocycles. The zero-order valence-corrected chi connectivity index (χ0v) is 31.8. The normalized spacial score (nSPS) is 41.5. The lowest BCUT2D eigenvalue weighted by molar-refractivity contribution is -0.173. The smallest absolute Gasteiger partial charge is 0.306 e. The molecule has 0 bridgehead atoms. The van der Waals surface area contributed by atoms with Gasteiger partial charge in [0.1, 0.15) is 11.5 Å². The van der Waals surface area contributed by atoms with Gasteiger partial charge in [0.2, 0.25) is 5.91 Å². The Kier molecular flexibility index (Phi) is 9.39. The number of nitrogens with one attached hydrogen (secondary N) is 1. The number of rotatable bonds is 9. The average molecular weight is 700 g/mol. The minimum Gasteiger partial charge on any atom is -0.508 e. The fraction of sp³-hybridized carbons (Fsp3) is 0.727. The molecule has 0 aromatic heterocycles. The minimum atomic E-state index is -0.763. The second kappa shape index (κ2) is 13.2. The maximum absolute atomic E-state index is 13.9. The molecule has 6 aliphatic rings. The van der Waals surface area contributed by atoms with Gasteiger partial charge in [-0.15, -0.1) is 0 Å². The molecule has 51 heavy (non-hydrogen) atoms. The van der Waals surface area contributed by atoms with Crippen LogP contribution in [0.5, 0.6) is 5.75 Å². The fourth-order valence-electron chi connectivity index (χ4n) is 13.8. The van der Waals surface area contributed by atoms with Crippen LogP contribution >= 0.6 is 0 Å². The van der Waals surface area contributed by atoms with Gasteiger partial charge in [-0.1, -0.05) is 59.2 Å². The first-order chi connectivity index (χ1) is 24.1. The Labute approximate surface area is 304 Å². The SMILES string of the molecule is CC(C)C1=C2C3CCC4C(C)(CCC5C(C)C(CC(=O)C6CC(C(=O)O)C6C)CCC54C)C3CCC2(CC(=O)NCc2ccc(O)cc2)CC1=O. The Bertz CT molecular complexity index is 1610. The summed E-state index contributed by atoms with van der Waals surface area (Å²) in [5.74, 6) is 2.52. The van der Waals surface area contributed by atoms with E-state index in [0.29, 0.717) is 73.5 Å². The number of carbonyl (C=O) groups is 4. The number of benzene rings is 1.